The van der Waals surface area contributed by atoms with Crippen LogP contribution in [0.4, 0.5) is 4.79 Å². The number of nitrogens with zero attached hydrogens (tertiary/aromatic N) is 1. The summed E-state index contributed by atoms with van der Waals surface area (Å²) in [7, 11) is 0. The monoisotopic (exact) mass is 608 g/mol. The van der Waals surface area contributed by atoms with E-state index in [2.05, 4.69) is 11.9 Å². The third-order valence-electron chi connectivity index (χ3n) is 8.05. The van der Waals surface area contributed by atoms with Gasteiger partial charge in [0.05, 0.1) is 19.8 Å². The van der Waals surface area contributed by atoms with Crippen LogP contribution in [0.2, 0.25) is 10.0 Å². The lowest BCUT2D eigenvalue weighted by Gasteiger charge is -2.41. The molecule has 42 heavy (non-hydrogen) atoms. The highest BCUT2D eigenvalue weighted by atomic mass is 35.5. The van der Waals surface area contributed by atoms with Crippen LogP contribution in [0, 0.1) is 5.41 Å². The molecular formula is C33H34Cl2N2O5. The summed E-state index contributed by atoms with van der Waals surface area (Å²) in [4.78, 5) is 18.9. The van der Waals surface area contributed by atoms with Crippen molar-refractivity contribution in [2.45, 2.75) is 45.4 Å². The second kappa shape index (κ2) is 11.5. The molecule has 7 nitrogen and oxygen atoms in total. The molecule has 1 N–H and O–H groups in total. The van der Waals surface area contributed by atoms with Crippen molar-refractivity contribution >= 4 is 40.2 Å². The predicted molar refractivity (Wildman–Crippen MR) is 164 cm³/mol. The largest absolute Gasteiger partial charge is 0.494 e. The Kier molecular flexibility index (Phi) is 7.87. The van der Waals surface area contributed by atoms with Gasteiger partial charge in [-0.15, -0.1) is 0 Å². The number of aromatic amines is 1. The van der Waals surface area contributed by atoms with Crippen molar-refractivity contribution in [1.29, 1.82) is 0 Å². The summed E-state index contributed by atoms with van der Waals surface area (Å²) >= 11 is 12.4. The Morgan fingerprint density at radius 2 is 1.62 bits per heavy atom. The van der Waals surface area contributed by atoms with Gasteiger partial charge in [-0.25, -0.2) is 4.79 Å². The van der Waals surface area contributed by atoms with Crippen molar-refractivity contribution < 1.29 is 23.7 Å². The molecule has 3 aromatic carbocycles. The van der Waals surface area contributed by atoms with Gasteiger partial charge in [-0.1, -0.05) is 42.3 Å². The lowest BCUT2D eigenvalue weighted by atomic mass is 9.88. The first kappa shape index (κ1) is 28.9. The molecule has 6 rings (SSSR count). The fraction of sp³-hybridized carbons (Fsp3) is 0.364. The molecule has 1 atom stereocenters. The van der Waals surface area contributed by atoms with Crippen LogP contribution < -0.4 is 9.47 Å². The molecule has 1 unspecified atom stereocenters. The summed E-state index contributed by atoms with van der Waals surface area (Å²) in [5.74, 6) is 0.656. The minimum absolute atomic E-state index is 0.0998. The van der Waals surface area contributed by atoms with Gasteiger partial charge in [0, 0.05) is 38.6 Å². The summed E-state index contributed by atoms with van der Waals surface area (Å²) in [5.41, 5.74) is 3.93. The van der Waals surface area contributed by atoms with Crippen LogP contribution in [0.3, 0.4) is 0 Å². The van der Waals surface area contributed by atoms with E-state index in [1.165, 1.54) is 0 Å². The maximum atomic E-state index is 13.5. The van der Waals surface area contributed by atoms with E-state index >= 15 is 0 Å². The van der Waals surface area contributed by atoms with Gasteiger partial charge in [0.25, 0.3) is 0 Å². The average molecular weight is 610 g/mol. The van der Waals surface area contributed by atoms with Gasteiger partial charge >= 0.3 is 6.09 Å². The Morgan fingerprint density at radius 3 is 2.33 bits per heavy atom. The Hall–Kier alpha value is -3.23. The number of H-pyrrole nitrogens is 1. The number of nitrogens with one attached hydrogen (secondary N) is 1. The smallest absolute Gasteiger partial charge is 0.416 e. The van der Waals surface area contributed by atoms with E-state index in [0.29, 0.717) is 48.6 Å². The summed E-state index contributed by atoms with van der Waals surface area (Å²) in [6, 6.07) is 20.1. The Bertz CT molecular complexity index is 1570. The van der Waals surface area contributed by atoms with Crippen LogP contribution in [0.5, 0.6) is 11.5 Å². The van der Waals surface area contributed by atoms with Crippen molar-refractivity contribution in [1.82, 2.24) is 9.88 Å². The van der Waals surface area contributed by atoms with Gasteiger partial charge in [-0.05, 0) is 92.4 Å². The van der Waals surface area contributed by atoms with Gasteiger partial charge in [-0.3, -0.25) is 4.90 Å². The molecule has 2 aliphatic heterocycles. The third kappa shape index (κ3) is 6.11. The number of benzene rings is 3. The lowest BCUT2D eigenvalue weighted by molar-refractivity contribution is -0.283. The van der Waals surface area contributed by atoms with E-state index in [9.17, 15) is 4.79 Å². The topological polar surface area (TPSA) is 73.0 Å². The predicted octanol–water partition coefficient (Wildman–Crippen LogP) is 8.18. The van der Waals surface area contributed by atoms with E-state index in [0.717, 1.165) is 39.9 Å². The van der Waals surface area contributed by atoms with Gasteiger partial charge < -0.3 is 23.9 Å². The summed E-state index contributed by atoms with van der Waals surface area (Å²) in [6.45, 7) is 8.31. The average Bonchev–Trinajstić information content (AvgIpc) is 3.34. The Morgan fingerprint density at radius 1 is 0.952 bits per heavy atom. The number of aromatic nitrogens is 1. The quantitative estimate of drug-likeness (QED) is 0.239. The van der Waals surface area contributed by atoms with Crippen LogP contribution in [0.1, 0.15) is 50.1 Å². The molecule has 2 aliphatic rings. The number of rotatable bonds is 6. The van der Waals surface area contributed by atoms with Crippen molar-refractivity contribution in [2.24, 2.45) is 5.41 Å². The summed E-state index contributed by atoms with van der Waals surface area (Å²) in [5, 5.41) is 2.32. The zero-order valence-electron chi connectivity index (χ0n) is 23.9. The molecule has 1 aromatic heterocycles. The fourth-order valence-electron chi connectivity index (χ4n) is 5.55. The molecule has 0 saturated carbocycles. The third-order valence-corrected chi connectivity index (χ3v) is 8.54. The molecule has 1 saturated heterocycles. The molecule has 0 bridgehead atoms. The standard InChI is InChI=1S/C33H34Cl2N2O5/c1-32(2)40-19-33(3,20-41-32)15-17-39-24-9-4-21(5-10-24)30-29-26(27-18-23(35)8-13-28(27)36-29)14-16-37(30)31(38)42-25-11-6-22(34)7-12-25/h4-13,18,30,36H,14-17,19-20H2,1-3H3. The number of carbonyl (C=O) groups excluding carboxylic acids is 1. The van der Waals surface area contributed by atoms with E-state index in [1.54, 1.807) is 29.2 Å². The SMILES string of the molecule is CC1(CCOc2ccc(C3c4[nH]c5ccc(Cl)cc5c4CCN3C(=O)Oc3ccc(Cl)cc3)cc2)COC(C)(C)OC1. The van der Waals surface area contributed by atoms with Crippen molar-refractivity contribution in [3.8, 4) is 11.5 Å². The lowest BCUT2D eigenvalue weighted by Crippen LogP contribution is -2.45. The Balaban J connectivity index is 1.23. The highest BCUT2D eigenvalue weighted by Crippen LogP contribution is 2.40. The zero-order chi connectivity index (χ0) is 29.5. The molecular weight excluding hydrogens is 575 g/mol. The number of halogens is 2. The minimum atomic E-state index is -0.540. The number of amides is 1. The molecule has 3 heterocycles. The summed E-state index contributed by atoms with van der Waals surface area (Å²) < 4.78 is 23.6. The van der Waals surface area contributed by atoms with Crippen LogP contribution in [-0.4, -0.2) is 48.1 Å². The molecule has 0 spiro atoms. The number of ether oxygens (including phenoxy) is 4. The van der Waals surface area contributed by atoms with E-state index in [4.69, 9.17) is 42.1 Å². The molecule has 0 aliphatic carbocycles. The first-order valence-electron chi connectivity index (χ1n) is 14.1. The second-order valence-electron chi connectivity index (χ2n) is 11.8. The maximum absolute atomic E-state index is 13.5. The van der Waals surface area contributed by atoms with Gasteiger partial charge in [0.2, 0.25) is 0 Å². The van der Waals surface area contributed by atoms with Gasteiger partial charge in [0.15, 0.2) is 5.79 Å². The number of hydrogen-bond acceptors (Lipinski definition) is 5. The van der Waals surface area contributed by atoms with E-state index < -0.39 is 11.9 Å². The van der Waals surface area contributed by atoms with Crippen LogP contribution in [0.25, 0.3) is 10.9 Å². The maximum Gasteiger partial charge on any atom is 0.416 e. The van der Waals surface area contributed by atoms with Crippen LogP contribution in [-0.2, 0) is 15.9 Å². The second-order valence-corrected chi connectivity index (χ2v) is 12.7. The molecule has 9 heteroatoms. The highest BCUT2D eigenvalue weighted by molar-refractivity contribution is 6.31. The molecule has 1 amide bonds. The van der Waals surface area contributed by atoms with E-state index in [1.807, 2.05) is 56.3 Å². The van der Waals surface area contributed by atoms with Crippen molar-refractivity contribution in [3.63, 3.8) is 0 Å². The normalized spacial score (nSPS) is 19.4. The minimum Gasteiger partial charge on any atom is -0.494 e. The van der Waals surface area contributed by atoms with Crippen molar-refractivity contribution in [2.75, 3.05) is 26.4 Å². The van der Waals surface area contributed by atoms with Crippen LogP contribution >= 0.6 is 23.2 Å². The zero-order valence-corrected chi connectivity index (χ0v) is 25.4. The highest BCUT2D eigenvalue weighted by Gasteiger charge is 2.37. The van der Waals surface area contributed by atoms with E-state index in [-0.39, 0.29) is 11.5 Å². The van der Waals surface area contributed by atoms with Crippen LogP contribution in [0.15, 0.2) is 66.7 Å². The molecule has 0 radical (unpaired) electrons. The number of hydrogen-bond donors (Lipinski definition) is 1. The van der Waals surface area contributed by atoms with Crippen molar-refractivity contribution in [3.05, 3.63) is 93.6 Å². The number of carbonyl (C=O) groups is 1. The first-order chi connectivity index (χ1) is 20.1. The molecule has 220 valence electrons. The fourth-order valence-corrected chi connectivity index (χ4v) is 5.85. The Labute approximate surface area is 255 Å². The summed E-state index contributed by atoms with van der Waals surface area (Å²) in [6.07, 6.45) is 1.05. The first-order valence-corrected chi connectivity index (χ1v) is 14.9. The number of fused-ring (bicyclic) bond motifs is 3. The van der Waals surface area contributed by atoms with Gasteiger partial charge in [-0.2, -0.15) is 0 Å². The molecule has 4 aromatic rings. The van der Waals surface area contributed by atoms with Gasteiger partial charge in [0.1, 0.15) is 17.5 Å². The molecule has 1 fully saturated rings.